The molecule has 0 aromatic heterocycles. The number of primary amides is 1. The highest BCUT2D eigenvalue weighted by Gasteiger charge is 2.48. The number of fused-ring (bicyclic) bond motifs is 3. The number of hydrogen-bond acceptors (Lipinski definition) is 5. The van der Waals surface area contributed by atoms with Gasteiger partial charge in [-0.05, 0) is 30.9 Å². The van der Waals surface area contributed by atoms with Crippen LogP contribution in [0.25, 0.3) is 0 Å². The Morgan fingerprint density at radius 3 is 2.73 bits per heavy atom. The molecule has 2 fully saturated rings. The molecule has 3 amide bonds. The van der Waals surface area contributed by atoms with E-state index in [-0.39, 0.29) is 35.9 Å². The van der Waals surface area contributed by atoms with E-state index in [9.17, 15) is 14.4 Å². The molecule has 8 nitrogen and oxygen atoms in total. The number of benzene rings is 1. The standard InChI is InChI=1S/C22H30N4O4/c1-30-12-18-14-10-11-26(19(14)13-6-2-4-8-16(13)24-18)22(29)15-7-3-5-9-17(15)25-21(28)20(23)27/h2,4,6,8,14-15,17-19,24H,3,5,7,9-12H2,1H3,(H2,23,27)(H,25,28)/t14-,15+,17-,18+,19+/m1/s1. The predicted octanol–water partition coefficient (Wildman–Crippen LogP) is 1.18. The Morgan fingerprint density at radius 2 is 1.97 bits per heavy atom. The first-order valence-electron chi connectivity index (χ1n) is 10.8. The first-order chi connectivity index (χ1) is 14.5. The molecule has 4 N–H and O–H groups in total. The molecule has 162 valence electrons. The number of carbonyl (C=O) groups is 3. The van der Waals surface area contributed by atoms with Crippen molar-refractivity contribution in [2.75, 3.05) is 25.6 Å². The predicted molar refractivity (Wildman–Crippen MR) is 111 cm³/mol. The number of hydrogen-bond donors (Lipinski definition) is 3. The summed E-state index contributed by atoms with van der Waals surface area (Å²) in [4.78, 5) is 38.8. The lowest BCUT2D eigenvalue weighted by atomic mass is 9.81. The van der Waals surface area contributed by atoms with Crippen molar-refractivity contribution in [3.8, 4) is 0 Å². The lowest BCUT2D eigenvalue weighted by Gasteiger charge is -2.41. The topological polar surface area (TPSA) is 114 Å². The van der Waals surface area contributed by atoms with E-state index in [1.54, 1.807) is 7.11 Å². The summed E-state index contributed by atoms with van der Waals surface area (Å²) < 4.78 is 5.44. The largest absolute Gasteiger partial charge is 0.383 e. The molecule has 1 saturated heterocycles. The van der Waals surface area contributed by atoms with Crippen LogP contribution in [0.5, 0.6) is 0 Å². The van der Waals surface area contributed by atoms with Gasteiger partial charge in [0.2, 0.25) is 5.91 Å². The van der Waals surface area contributed by atoms with Crippen LogP contribution in [0.4, 0.5) is 5.69 Å². The van der Waals surface area contributed by atoms with Crippen LogP contribution in [-0.2, 0) is 19.1 Å². The second kappa shape index (κ2) is 8.63. The lowest BCUT2D eigenvalue weighted by Crippen LogP contribution is -2.52. The van der Waals surface area contributed by atoms with Crippen LogP contribution in [-0.4, -0.2) is 55.0 Å². The molecule has 2 heterocycles. The fourth-order valence-electron chi connectivity index (χ4n) is 5.47. The van der Waals surface area contributed by atoms with Crippen LogP contribution in [0, 0.1) is 11.8 Å². The van der Waals surface area contributed by atoms with Crippen LogP contribution in [0.15, 0.2) is 24.3 Å². The third kappa shape index (κ3) is 3.76. The summed E-state index contributed by atoms with van der Waals surface area (Å²) in [5, 5.41) is 6.28. The fraction of sp³-hybridized carbons (Fsp3) is 0.591. The maximum atomic E-state index is 13.7. The van der Waals surface area contributed by atoms with Crippen molar-refractivity contribution in [3.63, 3.8) is 0 Å². The average molecular weight is 415 g/mol. The van der Waals surface area contributed by atoms with Gasteiger partial charge in [0.25, 0.3) is 0 Å². The minimum Gasteiger partial charge on any atom is -0.383 e. The molecular weight excluding hydrogens is 384 g/mol. The summed E-state index contributed by atoms with van der Waals surface area (Å²) in [6, 6.07) is 7.92. The molecule has 1 aliphatic carbocycles. The Bertz CT molecular complexity index is 829. The number of nitrogens with one attached hydrogen (secondary N) is 2. The third-order valence-corrected chi connectivity index (χ3v) is 6.83. The highest BCUT2D eigenvalue weighted by molar-refractivity contribution is 6.34. The summed E-state index contributed by atoms with van der Waals surface area (Å²) in [7, 11) is 1.70. The van der Waals surface area contributed by atoms with Crippen LogP contribution in [0.2, 0.25) is 0 Å². The number of nitrogens with zero attached hydrogens (tertiary/aromatic N) is 1. The van der Waals surface area contributed by atoms with Gasteiger partial charge in [-0.15, -0.1) is 0 Å². The van der Waals surface area contributed by atoms with Crippen molar-refractivity contribution in [2.24, 2.45) is 17.6 Å². The van der Waals surface area contributed by atoms with Crippen LogP contribution < -0.4 is 16.4 Å². The smallest absolute Gasteiger partial charge is 0.309 e. The van der Waals surface area contributed by atoms with Gasteiger partial charge in [-0.25, -0.2) is 0 Å². The van der Waals surface area contributed by atoms with Gasteiger partial charge in [-0.2, -0.15) is 0 Å². The van der Waals surface area contributed by atoms with Gasteiger partial charge in [-0.1, -0.05) is 31.0 Å². The number of anilines is 1. The van der Waals surface area contributed by atoms with Crippen LogP contribution in [0.3, 0.4) is 0 Å². The number of amides is 3. The molecule has 30 heavy (non-hydrogen) atoms. The summed E-state index contributed by atoms with van der Waals surface area (Å²) in [6.45, 7) is 1.26. The van der Waals surface area contributed by atoms with E-state index in [2.05, 4.69) is 16.7 Å². The summed E-state index contributed by atoms with van der Waals surface area (Å²) in [5.41, 5.74) is 7.29. The van der Waals surface area contributed by atoms with Gasteiger partial charge in [0, 0.05) is 31.3 Å². The van der Waals surface area contributed by atoms with E-state index in [4.69, 9.17) is 10.5 Å². The van der Waals surface area contributed by atoms with Crippen molar-refractivity contribution < 1.29 is 19.1 Å². The Labute approximate surface area is 176 Å². The normalized spacial score (nSPS) is 30.0. The molecule has 0 spiro atoms. The summed E-state index contributed by atoms with van der Waals surface area (Å²) in [5.74, 6) is -1.83. The number of para-hydroxylation sites is 1. The average Bonchev–Trinajstić information content (AvgIpc) is 3.19. The first kappa shape index (κ1) is 20.7. The molecular formula is C22H30N4O4. The zero-order valence-electron chi connectivity index (χ0n) is 17.3. The van der Waals surface area contributed by atoms with E-state index < -0.39 is 11.8 Å². The molecule has 0 radical (unpaired) electrons. The molecule has 0 bridgehead atoms. The molecule has 5 atom stereocenters. The van der Waals surface area contributed by atoms with Crippen molar-refractivity contribution in [1.82, 2.24) is 10.2 Å². The van der Waals surface area contributed by atoms with Gasteiger partial charge >= 0.3 is 11.8 Å². The van der Waals surface area contributed by atoms with E-state index >= 15 is 0 Å². The van der Waals surface area contributed by atoms with Crippen molar-refractivity contribution in [3.05, 3.63) is 29.8 Å². The highest BCUT2D eigenvalue weighted by atomic mass is 16.5. The SMILES string of the molecule is COC[C@@H]1Nc2ccccc2[C@H]2[C@@H]1CCN2C(=O)[C@H]1CCCC[C@H]1NC(=O)C(N)=O. The Morgan fingerprint density at radius 1 is 1.20 bits per heavy atom. The molecule has 1 aromatic carbocycles. The maximum Gasteiger partial charge on any atom is 0.309 e. The highest BCUT2D eigenvalue weighted by Crippen LogP contribution is 2.47. The van der Waals surface area contributed by atoms with Gasteiger partial charge in [0.05, 0.1) is 24.6 Å². The minimum atomic E-state index is -1.01. The molecule has 2 aliphatic heterocycles. The zero-order valence-corrected chi connectivity index (χ0v) is 17.3. The van der Waals surface area contributed by atoms with E-state index in [1.165, 1.54) is 0 Å². The molecule has 0 unspecified atom stereocenters. The maximum absolute atomic E-state index is 13.7. The van der Waals surface area contributed by atoms with Crippen molar-refractivity contribution >= 4 is 23.4 Å². The van der Waals surface area contributed by atoms with E-state index in [0.29, 0.717) is 26.0 Å². The second-order valence-corrected chi connectivity index (χ2v) is 8.56. The molecule has 1 aromatic rings. The van der Waals surface area contributed by atoms with Gasteiger partial charge in [0.1, 0.15) is 0 Å². The number of nitrogens with two attached hydrogens (primary N) is 1. The Hall–Kier alpha value is -2.61. The third-order valence-electron chi connectivity index (χ3n) is 6.83. The quantitative estimate of drug-likeness (QED) is 0.640. The number of likely N-dealkylation sites (tertiary alicyclic amines) is 1. The monoisotopic (exact) mass is 414 g/mol. The Kier molecular flexibility index (Phi) is 5.94. The van der Waals surface area contributed by atoms with Crippen LogP contribution in [0.1, 0.15) is 43.7 Å². The second-order valence-electron chi connectivity index (χ2n) is 8.56. The molecule has 4 rings (SSSR count). The van der Waals surface area contributed by atoms with Crippen molar-refractivity contribution in [2.45, 2.75) is 50.2 Å². The van der Waals surface area contributed by atoms with Crippen molar-refractivity contribution in [1.29, 1.82) is 0 Å². The van der Waals surface area contributed by atoms with E-state index in [1.807, 2.05) is 23.1 Å². The molecule has 8 heteroatoms. The molecule has 1 saturated carbocycles. The van der Waals surface area contributed by atoms with E-state index in [0.717, 1.165) is 30.5 Å². The lowest BCUT2D eigenvalue weighted by molar-refractivity contribution is -0.142. The number of carbonyl (C=O) groups excluding carboxylic acids is 3. The van der Waals surface area contributed by atoms with Crippen LogP contribution >= 0.6 is 0 Å². The summed E-state index contributed by atoms with van der Waals surface area (Å²) >= 11 is 0. The van der Waals surface area contributed by atoms with Gasteiger partial charge in [-0.3, -0.25) is 14.4 Å². The van der Waals surface area contributed by atoms with Gasteiger partial charge in [0.15, 0.2) is 0 Å². The molecule has 3 aliphatic rings. The number of ether oxygens (including phenoxy) is 1. The first-order valence-corrected chi connectivity index (χ1v) is 10.8. The summed E-state index contributed by atoms with van der Waals surface area (Å²) in [6.07, 6.45) is 4.14. The fourth-order valence-corrected chi connectivity index (χ4v) is 5.47. The number of methoxy groups -OCH3 is 1. The van der Waals surface area contributed by atoms with Gasteiger partial charge < -0.3 is 26.0 Å². The number of rotatable bonds is 4. The minimum absolute atomic E-state index is 0.00971. The Balaban J connectivity index is 1.59. The zero-order chi connectivity index (χ0) is 21.3.